The molecule has 3 aromatic carbocycles. The van der Waals surface area contributed by atoms with E-state index in [1.807, 2.05) is 27.7 Å². The van der Waals surface area contributed by atoms with Gasteiger partial charge in [-0.3, -0.25) is 28.8 Å². The zero-order valence-electron chi connectivity index (χ0n) is 77.9. The fourth-order valence-electron chi connectivity index (χ4n) is 12.5. The van der Waals surface area contributed by atoms with Crippen LogP contribution in [-0.4, -0.2) is 155 Å². The number of nitrogen functional groups attached to an aromatic ring is 2. The molecule has 2 amide bonds. The normalized spacial score (nSPS) is 16.2. The third-order valence-electron chi connectivity index (χ3n) is 19.1. The van der Waals surface area contributed by atoms with Gasteiger partial charge in [0.05, 0.1) is 64.3 Å². The summed E-state index contributed by atoms with van der Waals surface area (Å²) >= 11 is 3.19. The Morgan fingerprint density at radius 3 is 1.16 bits per heavy atom. The number of alkyl halides is 3. The van der Waals surface area contributed by atoms with Crippen molar-refractivity contribution in [1.82, 2.24) is 29.9 Å². The predicted octanol–water partition coefficient (Wildman–Crippen LogP) is 19.8. The van der Waals surface area contributed by atoms with Crippen molar-refractivity contribution in [3.05, 3.63) is 166 Å². The number of imide groups is 1. The second kappa shape index (κ2) is 46.4. The number of benzene rings is 3. The molecule has 5 aliphatic carbocycles. The van der Waals surface area contributed by atoms with Gasteiger partial charge in [0.25, 0.3) is 0 Å². The number of ketones is 6. The Kier molecular flexibility index (Phi) is 39.2. The van der Waals surface area contributed by atoms with Crippen molar-refractivity contribution in [3.63, 3.8) is 0 Å². The molecule has 30 nitrogen and oxygen atoms in total. The van der Waals surface area contributed by atoms with Crippen LogP contribution in [-0.2, 0) is 96.5 Å². The van der Waals surface area contributed by atoms with E-state index in [4.69, 9.17) is 44.5 Å². The zero-order valence-corrected chi connectivity index (χ0v) is 81.8. The molecule has 0 atom stereocenters. The number of hydrogen-bond donors (Lipinski definition) is 2. The molecular weight excluding hydrogens is 1920 g/mol. The Labute approximate surface area is 793 Å². The Hall–Kier alpha value is -10.9. The summed E-state index contributed by atoms with van der Waals surface area (Å²) < 4.78 is 143. The average molecular weight is 2040 g/mol. The Bertz CT molecular complexity index is 5590. The minimum absolute atomic E-state index is 0. The van der Waals surface area contributed by atoms with Gasteiger partial charge in [-0.25, -0.2) is 67.0 Å². The summed E-state index contributed by atoms with van der Waals surface area (Å²) in [7, 11) is -5.98. The molecule has 6 aromatic rings. The number of amides is 2. The molecule has 6 aliphatic rings. The maximum Gasteiger partial charge on any atom is 0.534 e. The van der Waals surface area contributed by atoms with Gasteiger partial charge in [0, 0.05) is 89.6 Å². The summed E-state index contributed by atoms with van der Waals surface area (Å²) in [5, 5.41) is 0. The van der Waals surface area contributed by atoms with Gasteiger partial charge in [-0.1, -0.05) is 18.2 Å². The van der Waals surface area contributed by atoms with Gasteiger partial charge < -0.3 is 56.1 Å². The van der Waals surface area contributed by atoms with Crippen LogP contribution < -0.4 is 16.4 Å². The molecule has 0 unspecified atom stereocenters. The van der Waals surface area contributed by atoms with E-state index >= 15 is 4.39 Å². The quantitative estimate of drug-likeness (QED) is 0.0168. The van der Waals surface area contributed by atoms with Crippen molar-refractivity contribution in [1.29, 1.82) is 0 Å². The number of carbonyl (C=O) groups excluding carboxylic acids is 11. The topological polar surface area (TPSA) is 428 Å². The number of ether oxygens (including phenoxy) is 5. The molecular formula is C93H114BBrF6N9O21PdS-. The van der Waals surface area contributed by atoms with Crippen LogP contribution in [0.2, 0.25) is 0 Å². The minimum atomic E-state index is -5.64. The zero-order chi connectivity index (χ0) is 98.2. The SMILES string of the molecule is CC(C)(C)OC(=O)c1ccc(-c2nc(Br)cnc2N)cc1F.CC(C)(C)OC(=O)c1ccc(-c2nc(C3=CC(=O)CCC3)cnc2N(C(=O)OC(C)(C)C)C(=O)OC(C)(C)C)cc1F.CC(C)(C)OC(=O)c1ccc(-c2nc(C3=CC(=O)CCC3)cnc2N)cc1F.CC1(C)OB(C2=CC(=O)CCC2)OC1(C)C.O=C1C=C(OS(=O)(=O)C(F)(F)F)CCC1.O=C1CCCC(=O)C1.[CH3-].[HH].[Pd]. The number of nitrogens with two attached hydrogens (primary N) is 2. The first-order valence-electron chi connectivity index (χ1n) is 41.9. The smallest absolute Gasteiger partial charge is 0.456 e. The number of esters is 3. The Morgan fingerprint density at radius 2 is 0.805 bits per heavy atom. The molecule has 2 fully saturated rings. The largest absolute Gasteiger partial charge is 0.534 e. The molecule has 0 bridgehead atoms. The van der Waals surface area contributed by atoms with E-state index in [1.165, 1.54) is 61.1 Å². The van der Waals surface area contributed by atoms with E-state index in [2.05, 4.69) is 50.0 Å². The summed E-state index contributed by atoms with van der Waals surface area (Å²) in [6.07, 6.45) is 16.4. The molecule has 1 aliphatic heterocycles. The van der Waals surface area contributed by atoms with Crippen LogP contribution in [0.4, 0.5) is 53.4 Å². The number of halogens is 7. The van der Waals surface area contributed by atoms with Gasteiger partial charge in [-0.15, -0.1) is 0 Å². The van der Waals surface area contributed by atoms with E-state index < -0.39 is 103 Å². The molecule has 4 heterocycles. The van der Waals surface area contributed by atoms with Crippen molar-refractivity contribution in [2.24, 2.45) is 0 Å². The van der Waals surface area contributed by atoms with Gasteiger partial charge >= 0.3 is 52.8 Å². The fraction of sp³-hybridized carbons (Fsp3) is 0.462. The number of carbonyl (C=O) groups is 11. The Morgan fingerprint density at radius 1 is 0.466 bits per heavy atom. The fourth-order valence-corrected chi connectivity index (χ4v) is 13.3. The molecule has 726 valence electrons. The predicted molar refractivity (Wildman–Crippen MR) is 486 cm³/mol. The van der Waals surface area contributed by atoms with E-state index in [9.17, 15) is 83.1 Å². The third-order valence-corrected chi connectivity index (χ3v) is 20.5. The van der Waals surface area contributed by atoms with E-state index in [0.717, 1.165) is 55.3 Å². The summed E-state index contributed by atoms with van der Waals surface area (Å²) in [5.74, 6) is -5.13. The van der Waals surface area contributed by atoms with Crippen molar-refractivity contribution in [3.8, 4) is 33.8 Å². The van der Waals surface area contributed by atoms with Gasteiger partial charge in [-0.05, 0) is 270 Å². The maximum absolute atomic E-state index is 15.4. The summed E-state index contributed by atoms with van der Waals surface area (Å²) in [4.78, 5) is 157. The van der Waals surface area contributed by atoms with Gasteiger partial charge in [0.1, 0.15) is 96.1 Å². The van der Waals surface area contributed by atoms with Crippen molar-refractivity contribution < 1.29 is 147 Å². The summed E-state index contributed by atoms with van der Waals surface area (Å²) in [6, 6.07) is 11.8. The molecule has 4 N–H and O–H groups in total. The molecule has 0 spiro atoms. The molecule has 1 saturated carbocycles. The van der Waals surface area contributed by atoms with Crippen LogP contribution in [0.15, 0.2) is 113 Å². The third kappa shape index (κ3) is 34.5. The van der Waals surface area contributed by atoms with Crippen molar-refractivity contribution in [2.75, 3.05) is 16.4 Å². The summed E-state index contributed by atoms with van der Waals surface area (Å²) in [6.45, 7) is 33.2. The van der Waals surface area contributed by atoms with Crippen LogP contribution in [0.25, 0.3) is 44.9 Å². The van der Waals surface area contributed by atoms with Gasteiger partial charge in [-0.2, -0.15) is 26.5 Å². The van der Waals surface area contributed by atoms with E-state index in [-0.39, 0.29) is 148 Å². The van der Waals surface area contributed by atoms with E-state index in [1.54, 1.807) is 128 Å². The first-order chi connectivity index (χ1) is 60.4. The van der Waals surface area contributed by atoms with Crippen molar-refractivity contribution in [2.45, 2.75) is 279 Å². The number of hydrogen-bond acceptors (Lipinski definition) is 29. The number of aromatic nitrogens is 6. The molecule has 1 saturated heterocycles. The number of nitrogens with zero attached hydrogens (tertiary/aromatic N) is 7. The number of anilines is 3. The van der Waals surface area contributed by atoms with Crippen LogP contribution in [0.5, 0.6) is 0 Å². The second-order valence-electron chi connectivity index (χ2n) is 36.9. The van der Waals surface area contributed by atoms with Crippen molar-refractivity contribution >= 4 is 127 Å². The standard InChI is InChI=1S/C31H38FN3O7.C21H22FN3O3.C15H15BrFN3O2.C12H19BO3.C7H7F3O4S.C6H8O2.CH3.Pd.H2/c1-29(2,3)40-26(37)21-14-13-19(16-22(21)32)24-25(33-17-23(34-24)18-11-10-12-20(36)15-18)35(27(38)41-30(4,5)6)28(39)42-31(7,8)9;1-21(2,3)28-20(27)15-8-7-13(10-16(15)22)18-19(23)24-11-17(25-18)12-5-4-6-14(26)9-12;1-15(2,3)22-14(21)9-5-4-8(6-10(9)17)12-13(18)19-7-11(16)20-12;1-11(2)12(3,4)16-13(15-11)9-6-5-7-10(14)8-9;8-7(9,10)15(12,13)14-6-3-1-2-5(11)4-6;7-5-2-1-3-6(8)4-5;;;/h13-17H,10-12H2,1-9H3;7-11H,4-6H2,1-3H3,(H2,23,24);4-7H,1-3H3,(H2,18,19);8H,5-7H2,1-4H3;4H,1-3H2;1-4H2;1H3;;1H/q;;;;;;-1;;. The molecule has 3 aromatic heterocycles. The molecule has 40 heteroatoms. The van der Waals surface area contributed by atoms with Crippen LogP contribution in [0.3, 0.4) is 0 Å². The van der Waals surface area contributed by atoms with Gasteiger partial charge in [0.2, 0.25) is 0 Å². The van der Waals surface area contributed by atoms with Crippen LogP contribution in [0, 0.1) is 24.9 Å². The number of allylic oxidation sites excluding steroid dienone is 8. The van der Waals surface area contributed by atoms with E-state index in [0.29, 0.717) is 93.9 Å². The monoisotopic (exact) mass is 2030 g/mol. The average Bonchev–Trinajstić information content (AvgIpc) is 0.944. The first kappa shape index (κ1) is 113. The number of rotatable bonds is 12. The molecule has 0 radical (unpaired) electrons. The van der Waals surface area contributed by atoms with Crippen LogP contribution >= 0.6 is 15.9 Å². The van der Waals surface area contributed by atoms with Crippen LogP contribution in [0.1, 0.15) is 278 Å². The maximum atomic E-state index is 15.4. The first-order valence-corrected chi connectivity index (χ1v) is 44.1. The Balaban J connectivity index is 0.000000356. The number of Topliss-reactive ketones (excluding diaryl/α,β-unsaturated/α-hetero) is 2. The summed E-state index contributed by atoms with van der Waals surface area (Å²) in [5.41, 5.74) is 5.45. The molecule has 12 rings (SSSR count). The minimum Gasteiger partial charge on any atom is -0.456 e. The van der Waals surface area contributed by atoms with Gasteiger partial charge in [0.15, 0.2) is 29.0 Å². The second-order valence-corrected chi connectivity index (χ2v) is 39.2. The molecule has 133 heavy (non-hydrogen) atoms.